The molecule has 0 aliphatic heterocycles. The van der Waals surface area contributed by atoms with Gasteiger partial charge in [0.2, 0.25) is 0 Å². The van der Waals surface area contributed by atoms with Gasteiger partial charge in [0, 0.05) is 5.69 Å². The Bertz CT molecular complexity index is 320. The lowest BCUT2D eigenvalue weighted by Crippen LogP contribution is -2.13. The van der Waals surface area contributed by atoms with Gasteiger partial charge in [0.15, 0.2) is 0 Å². The molecule has 3 nitrogen and oxygen atoms in total. The molecule has 0 saturated heterocycles. The van der Waals surface area contributed by atoms with Crippen molar-refractivity contribution in [1.29, 1.82) is 5.41 Å². The Morgan fingerprint density at radius 3 is 2.85 bits per heavy atom. The van der Waals surface area contributed by atoms with Crippen molar-refractivity contribution in [2.45, 2.75) is 13.3 Å². The van der Waals surface area contributed by atoms with Crippen molar-refractivity contribution in [3.63, 3.8) is 0 Å². The first-order chi connectivity index (χ1) is 6.27. The average Bonchev–Trinajstić information content (AvgIpc) is 2.18. The summed E-state index contributed by atoms with van der Waals surface area (Å²) in [4.78, 5) is 10.9. The number of hydrogen-bond donors (Lipinski definition) is 2. The fourth-order valence-corrected chi connectivity index (χ4v) is 1.12. The van der Waals surface area contributed by atoms with E-state index in [-0.39, 0.29) is 5.91 Å². The number of para-hydroxylation sites is 1. The molecule has 0 heterocycles. The van der Waals surface area contributed by atoms with Crippen molar-refractivity contribution in [2.75, 3.05) is 5.32 Å². The summed E-state index contributed by atoms with van der Waals surface area (Å²) in [6.45, 7) is 2.02. The van der Waals surface area contributed by atoms with Gasteiger partial charge < -0.3 is 10.7 Å². The van der Waals surface area contributed by atoms with E-state index >= 15 is 0 Å². The predicted molar refractivity (Wildman–Crippen MR) is 53.2 cm³/mol. The Morgan fingerprint density at radius 2 is 2.23 bits per heavy atom. The number of rotatable bonds is 3. The summed E-state index contributed by atoms with van der Waals surface area (Å²) in [5.41, 5.74) is 1.87. The third-order valence-electron chi connectivity index (χ3n) is 1.79. The van der Waals surface area contributed by atoms with Crippen LogP contribution in [0.15, 0.2) is 24.3 Å². The summed E-state index contributed by atoms with van der Waals surface area (Å²) in [5, 5.41) is 9.38. The molecular weight excluding hydrogens is 164 g/mol. The topological polar surface area (TPSA) is 53.0 Å². The highest BCUT2D eigenvalue weighted by Gasteiger charge is 2.01. The zero-order chi connectivity index (χ0) is 9.68. The van der Waals surface area contributed by atoms with Crippen LogP contribution in [0.2, 0.25) is 0 Å². The molecule has 0 aliphatic carbocycles. The van der Waals surface area contributed by atoms with Crippen LogP contribution < -0.4 is 5.32 Å². The molecule has 0 fully saturated rings. The first-order valence-electron chi connectivity index (χ1n) is 4.17. The van der Waals surface area contributed by atoms with Gasteiger partial charge in [0.25, 0.3) is 5.91 Å². The standard InChI is InChI=1S/C10H12N2O/c1-2-8-5-3-4-6-9(8)12-10(13)7-11/h3-7,11H,2H2,1H3,(H,12,13). The molecule has 3 heteroatoms. The van der Waals surface area contributed by atoms with Crippen LogP contribution >= 0.6 is 0 Å². The van der Waals surface area contributed by atoms with Gasteiger partial charge in [-0.2, -0.15) is 0 Å². The van der Waals surface area contributed by atoms with Crippen molar-refractivity contribution in [3.8, 4) is 0 Å². The molecule has 1 amide bonds. The van der Waals surface area contributed by atoms with Crippen molar-refractivity contribution in [3.05, 3.63) is 29.8 Å². The van der Waals surface area contributed by atoms with Crippen molar-refractivity contribution < 1.29 is 4.79 Å². The Hall–Kier alpha value is -1.64. The Morgan fingerprint density at radius 1 is 1.54 bits per heavy atom. The van der Waals surface area contributed by atoms with Crippen LogP contribution in [0.1, 0.15) is 12.5 Å². The van der Waals surface area contributed by atoms with Crippen LogP contribution in [0, 0.1) is 5.41 Å². The van der Waals surface area contributed by atoms with E-state index in [9.17, 15) is 4.79 Å². The van der Waals surface area contributed by atoms with Gasteiger partial charge >= 0.3 is 0 Å². The molecule has 1 aromatic carbocycles. The maximum absolute atomic E-state index is 10.9. The minimum atomic E-state index is -0.388. The minimum Gasteiger partial charge on any atom is -0.321 e. The predicted octanol–water partition coefficient (Wildman–Crippen LogP) is 1.84. The van der Waals surface area contributed by atoms with Crippen LogP contribution in [-0.2, 0) is 11.2 Å². The van der Waals surface area contributed by atoms with E-state index in [1.165, 1.54) is 0 Å². The summed E-state index contributed by atoms with van der Waals surface area (Å²) in [7, 11) is 0. The molecule has 0 saturated carbocycles. The molecule has 0 bridgehead atoms. The van der Waals surface area contributed by atoms with Crippen LogP contribution in [0.3, 0.4) is 0 Å². The largest absolute Gasteiger partial charge is 0.321 e. The van der Waals surface area contributed by atoms with E-state index in [1.54, 1.807) is 0 Å². The highest BCUT2D eigenvalue weighted by Crippen LogP contribution is 2.14. The summed E-state index contributed by atoms with van der Waals surface area (Å²) in [6, 6.07) is 7.58. The SMILES string of the molecule is CCc1ccccc1NC(=O)C=N. The van der Waals surface area contributed by atoms with Gasteiger partial charge in [0.1, 0.15) is 0 Å². The molecule has 68 valence electrons. The second kappa shape index (κ2) is 4.40. The van der Waals surface area contributed by atoms with E-state index in [4.69, 9.17) is 5.41 Å². The smallest absolute Gasteiger partial charge is 0.266 e. The quantitative estimate of drug-likeness (QED) is 0.678. The van der Waals surface area contributed by atoms with E-state index in [0.29, 0.717) is 0 Å². The monoisotopic (exact) mass is 176 g/mol. The third kappa shape index (κ3) is 2.40. The molecule has 13 heavy (non-hydrogen) atoms. The number of anilines is 1. The molecule has 0 unspecified atom stereocenters. The molecule has 1 rings (SSSR count). The maximum atomic E-state index is 10.9. The second-order valence-corrected chi connectivity index (χ2v) is 2.64. The Labute approximate surface area is 77.3 Å². The fraction of sp³-hybridized carbons (Fsp3) is 0.200. The molecule has 0 aromatic heterocycles. The zero-order valence-corrected chi connectivity index (χ0v) is 7.50. The summed E-state index contributed by atoms with van der Waals surface area (Å²) in [5.74, 6) is -0.388. The second-order valence-electron chi connectivity index (χ2n) is 2.64. The highest BCUT2D eigenvalue weighted by molar-refractivity contribution is 6.30. The number of nitrogens with one attached hydrogen (secondary N) is 2. The van der Waals surface area contributed by atoms with Gasteiger partial charge in [-0.25, -0.2) is 0 Å². The molecule has 0 spiro atoms. The van der Waals surface area contributed by atoms with Crippen LogP contribution in [-0.4, -0.2) is 12.1 Å². The fourth-order valence-electron chi connectivity index (χ4n) is 1.12. The van der Waals surface area contributed by atoms with Crippen LogP contribution in [0.25, 0.3) is 0 Å². The van der Waals surface area contributed by atoms with Gasteiger partial charge in [0.05, 0.1) is 6.21 Å². The highest BCUT2D eigenvalue weighted by atomic mass is 16.1. The summed E-state index contributed by atoms with van der Waals surface area (Å²) < 4.78 is 0. The van der Waals surface area contributed by atoms with E-state index in [1.807, 2.05) is 31.2 Å². The van der Waals surface area contributed by atoms with Gasteiger partial charge in [-0.15, -0.1) is 0 Å². The van der Waals surface area contributed by atoms with Crippen molar-refractivity contribution in [2.24, 2.45) is 0 Å². The number of carbonyl (C=O) groups excluding carboxylic acids is 1. The van der Waals surface area contributed by atoms with Crippen molar-refractivity contribution in [1.82, 2.24) is 0 Å². The summed E-state index contributed by atoms with van der Waals surface area (Å²) in [6.07, 6.45) is 1.64. The van der Waals surface area contributed by atoms with E-state index in [2.05, 4.69) is 5.32 Å². The lowest BCUT2D eigenvalue weighted by atomic mass is 10.1. The zero-order valence-electron chi connectivity index (χ0n) is 7.50. The van der Waals surface area contributed by atoms with Gasteiger partial charge in [-0.1, -0.05) is 25.1 Å². The van der Waals surface area contributed by atoms with Crippen molar-refractivity contribution >= 4 is 17.8 Å². The van der Waals surface area contributed by atoms with E-state index < -0.39 is 0 Å². The first kappa shape index (κ1) is 9.45. The number of amides is 1. The molecule has 0 atom stereocenters. The molecule has 0 radical (unpaired) electrons. The molecule has 2 N–H and O–H groups in total. The third-order valence-corrected chi connectivity index (χ3v) is 1.79. The Kier molecular flexibility index (Phi) is 3.20. The van der Waals surface area contributed by atoms with Crippen LogP contribution in [0.5, 0.6) is 0 Å². The van der Waals surface area contributed by atoms with Gasteiger partial charge in [-0.05, 0) is 18.1 Å². The lowest BCUT2D eigenvalue weighted by Gasteiger charge is -2.06. The van der Waals surface area contributed by atoms with Crippen LogP contribution in [0.4, 0.5) is 5.69 Å². The number of aryl methyl sites for hydroxylation is 1. The van der Waals surface area contributed by atoms with Gasteiger partial charge in [-0.3, -0.25) is 4.79 Å². The minimum absolute atomic E-state index is 0.388. The number of carbonyl (C=O) groups is 1. The molecule has 1 aromatic rings. The normalized spacial score (nSPS) is 9.31. The lowest BCUT2D eigenvalue weighted by molar-refractivity contribution is -0.110. The molecular formula is C10H12N2O. The summed E-state index contributed by atoms with van der Waals surface area (Å²) >= 11 is 0. The van der Waals surface area contributed by atoms with E-state index in [0.717, 1.165) is 23.9 Å². The number of benzene rings is 1. The average molecular weight is 176 g/mol. The Balaban J connectivity index is 2.86. The maximum Gasteiger partial charge on any atom is 0.266 e. The first-order valence-corrected chi connectivity index (χ1v) is 4.17. The number of hydrogen-bond acceptors (Lipinski definition) is 2. The molecule has 0 aliphatic rings.